The zero-order chi connectivity index (χ0) is 17.5. The van der Waals surface area contributed by atoms with E-state index in [0.29, 0.717) is 19.6 Å². The van der Waals surface area contributed by atoms with Crippen molar-refractivity contribution in [3.05, 3.63) is 35.9 Å². The Labute approximate surface area is 142 Å². The normalized spacial score (nSPS) is 19.9. The number of carboxylic acids is 1. The monoisotopic (exact) mass is 334 g/mol. The van der Waals surface area contributed by atoms with Gasteiger partial charge in [-0.2, -0.15) is 0 Å². The first-order valence-corrected chi connectivity index (χ1v) is 8.36. The smallest absolute Gasteiger partial charge is 0.326 e. The van der Waals surface area contributed by atoms with Crippen molar-refractivity contribution >= 4 is 11.9 Å². The van der Waals surface area contributed by atoms with Gasteiger partial charge in [0, 0.05) is 19.6 Å². The number of ether oxygens (including phenoxy) is 1. The number of hydrogen-bond donors (Lipinski definition) is 2. The molecule has 0 radical (unpaired) electrons. The van der Waals surface area contributed by atoms with E-state index in [9.17, 15) is 14.7 Å². The van der Waals surface area contributed by atoms with Gasteiger partial charge in [0.2, 0.25) is 0 Å². The molecule has 0 aromatic heterocycles. The van der Waals surface area contributed by atoms with Crippen LogP contribution >= 0.6 is 0 Å². The van der Waals surface area contributed by atoms with E-state index < -0.39 is 18.1 Å². The topological polar surface area (TPSA) is 78.9 Å². The fraction of sp³-hybridized carbons (Fsp3) is 0.556. The second-order valence-electron chi connectivity index (χ2n) is 6.61. The molecule has 0 bridgehead atoms. The lowest BCUT2D eigenvalue weighted by Gasteiger charge is -2.32. The molecule has 6 nitrogen and oxygen atoms in total. The number of carboxylic acid groups (broad SMARTS) is 1. The maximum absolute atomic E-state index is 12.4. The first-order valence-electron chi connectivity index (χ1n) is 8.36. The summed E-state index contributed by atoms with van der Waals surface area (Å²) >= 11 is 0. The maximum Gasteiger partial charge on any atom is 0.326 e. The molecule has 1 saturated heterocycles. The standard InChI is InChI=1S/C18H26N2O4/c1-13(2)10-15(18(22)23)19-17(21)16-12-20(8-9-24-16)11-14-6-4-3-5-7-14/h3-7,13,15-16H,8-12H2,1-2H3,(H,19,21)(H,22,23)/t15-,16?/m1/s1. The highest BCUT2D eigenvalue weighted by atomic mass is 16.5. The lowest BCUT2D eigenvalue weighted by atomic mass is 10.0. The van der Waals surface area contributed by atoms with Crippen LogP contribution in [0.2, 0.25) is 0 Å². The Morgan fingerprint density at radius 3 is 2.67 bits per heavy atom. The van der Waals surface area contributed by atoms with Crippen LogP contribution < -0.4 is 5.32 Å². The molecule has 1 fully saturated rings. The molecule has 1 aromatic rings. The summed E-state index contributed by atoms with van der Waals surface area (Å²) in [5, 5.41) is 11.9. The van der Waals surface area contributed by atoms with Gasteiger partial charge in [-0.15, -0.1) is 0 Å². The van der Waals surface area contributed by atoms with Gasteiger partial charge >= 0.3 is 5.97 Å². The van der Waals surface area contributed by atoms with Crippen molar-refractivity contribution in [1.29, 1.82) is 0 Å². The minimum atomic E-state index is -1.01. The van der Waals surface area contributed by atoms with Gasteiger partial charge in [-0.25, -0.2) is 4.79 Å². The summed E-state index contributed by atoms with van der Waals surface area (Å²) in [6, 6.07) is 9.18. The Hall–Kier alpha value is -1.92. The number of nitrogens with zero attached hydrogens (tertiary/aromatic N) is 1. The van der Waals surface area contributed by atoms with Crippen molar-refractivity contribution in [2.24, 2.45) is 5.92 Å². The van der Waals surface area contributed by atoms with E-state index >= 15 is 0 Å². The van der Waals surface area contributed by atoms with Crippen LogP contribution in [0.4, 0.5) is 0 Å². The number of benzene rings is 1. The second kappa shape index (κ2) is 8.80. The van der Waals surface area contributed by atoms with Crippen LogP contribution in [0.15, 0.2) is 30.3 Å². The molecule has 6 heteroatoms. The molecule has 2 rings (SSSR count). The molecule has 1 aromatic carbocycles. The maximum atomic E-state index is 12.4. The summed E-state index contributed by atoms with van der Waals surface area (Å²) in [6.07, 6.45) is -0.224. The van der Waals surface area contributed by atoms with Crippen LogP contribution in [-0.2, 0) is 20.9 Å². The highest BCUT2D eigenvalue weighted by Crippen LogP contribution is 2.12. The van der Waals surface area contributed by atoms with Crippen molar-refractivity contribution in [2.45, 2.75) is 39.0 Å². The SMILES string of the molecule is CC(C)C[C@@H](NC(=O)C1CN(Cc2ccccc2)CCO1)C(=O)O. The number of aliphatic carboxylic acids is 1. The van der Waals surface area contributed by atoms with E-state index in [1.165, 1.54) is 5.56 Å². The first-order chi connectivity index (χ1) is 11.5. The fourth-order valence-corrected chi connectivity index (χ4v) is 2.80. The van der Waals surface area contributed by atoms with Gasteiger partial charge in [0.05, 0.1) is 6.61 Å². The summed E-state index contributed by atoms with van der Waals surface area (Å²) in [5.74, 6) is -1.16. The average Bonchev–Trinajstić information content (AvgIpc) is 2.55. The molecule has 1 aliphatic rings. The average molecular weight is 334 g/mol. The molecule has 2 N–H and O–H groups in total. The van der Waals surface area contributed by atoms with Crippen molar-refractivity contribution in [1.82, 2.24) is 10.2 Å². The molecule has 1 unspecified atom stereocenters. The third-order valence-electron chi connectivity index (χ3n) is 4.01. The van der Waals surface area contributed by atoms with Crippen LogP contribution in [0.1, 0.15) is 25.8 Å². The molecule has 0 aliphatic carbocycles. The molecule has 1 aliphatic heterocycles. The van der Waals surface area contributed by atoms with Crippen LogP contribution in [0.5, 0.6) is 0 Å². The second-order valence-corrected chi connectivity index (χ2v) is 6.61. The molecule has 1 amide bonds. The summed E-state index contributed by atoms with van der Waals surface area (Å²) in [4.78, 5) is 25.8. The van der Waals surface area contributed by atoms with Gasteiger partial charge < -0.3 is 15.2 Å². The number of nitrogens with one attached hydrogen (secondary N) is 1. The molecule has 0 saturated carbocycles. The largest absolute Gasteiger partial charge is 0.480 e. The Kier molecular flexibility index (Phi) is 6.75. The van der Waals surface area contributed by atoms with E-state index in [2.05, 4.69) is 10.2 Å². The molecule has 2 atom stereocenters. The third kappa shape index (κ3) is 5.62. The van der Waals surface area contributed by atoms with Gasteiger partial charge in [-0.3, -0.25) is 9.69 Å². The Bertz CT molecular complexity index is 547. The number of morpholine rings is 1. The zero-order valence-corrected chi connectivity index (χ0v) is 14.3. The van der Waals surface area contributed by atoms with Crippen LogP contribution in [-0.4, -0.2) is 53.7 Å². The highest BCUT2D eigenvalue weighted by Gasteiger charge is 2.30. The van der Waals surface area contributed by atoms with Crippen LogP contribution in [0.25, 0.3) is 0 Å². The molecule has 24 heavy (non-hydrogen) atoms. The number of amides is 1. The van der Waals surface area contributed by atoms with E-state index in [0.717, 1.165) is 13.1 Å². The molecular weight excluding hydrogens is 308 g/mol. The molecular formula is C18H26N2O4. The fourth-order valence-electron chi connectivity index (χ4n) is 2.80. The highest BCUT2D eigenvalue weighted by molar-refractivity contribution is 5.86. The quantitative estimate of drug-likeness (QED) is 0.790. The number of hydrogen-bond acceptors (Lipinski definition) is 4. The predicted molar refractivity (Wildman–Crippen MR) is 90.5 cm³/mol. The van der Waals surface area contributed by atoms with E-state index in [4.69, 9.17) is 4.74 Å². The third-order valence-corrected chi connectivity index (χ3v) is 4.01. The lowest BCUT2D eigenvalue weighted by molar-refractivity contribution is -0.147. The number of rotatable bonds is 7. The first kappa shape index (κ1) is 18.4. The summed E-state index contributed by atoms with van der Waals surface area (Å²) in [5.41, 5.74) is 1.18. The van der Waals surface area contributed by atoms with Crippen LogP contribution in [0, 0.1) is 5.92 Å². The summed E-state index contributed by atoms with van der Waals surface area (Å²) in [7, 11) is 0. The van der Waals surface area contributed by atoms with Crippen molar-refractivity contribution in [3.8, 4) is 0 Å². The Morgan fingerprint density at radius 2 is 2.04 bits per heavy atom. The van der Waals surface area contributed by atoms with Gasteiger partial charge in [0.1, 0.15) is 12.1 Å². The summed E-state index contributed by atoms with van der Waals surface area (Å²) in [6.45, 7) is 6.30. The van der Waals surface area contributed by atoms with Gasteiger partial charge in [0.25, 0.3) is 5.91 Å². The molecule has 1 heterocycles. The van der Waals surface area contributed by atoms with E-state index in [-0.39, 0.29) is 11.8 Å². The van der Waals surface area contributed by atoms with E-state index in [1.54, 1.807) is 0 Å². The molecule has 132 valence electrons. The minimum absolute atomic E-state index is 0.188. The van der Waals surface area contributed by atoms with Gasteiger partial charge in [-0.1, -0.05) is 44.2 Å². The molecule has 0 spiro atoms. The van der Waals surface area contributed by atoms with Crippen molar-refractivity contribution < 1.29 is 19.4 Å². The number of carbonyl (C=O) groups excluding carboxylic acids is 1. The lowest BCUT2D eigenvalue weighted by Crippen LogP contribution is -2.53. The Morgan fingerprint density at radius 1 is 1.33 bits per heavy atom. The van der Waals surface area contributed by atoms with E-state index in [1.807, 2.05) is 44.2 Å². The van der Waals surface area contributed by atoms with Crippen molar-refractivity contribution in [3.63, 3.8) is 0 Å². The van der Waals surface area contributed by atoms with Crippen LogP contribution in [0.3, 0.4) is 0 Å². The van der Waals surface area contributed by atoms with Gasteiger partial charge in [-0.05, 0) is 17.9 Å². The van der Waals surface area contributed by atoms with Gasteiger partial charge in [0.15, 0.2) is 0 Å². The van der Waals surface area contributed by atoms with Crippen molar-refractivity contribution in [2.75, 3.05) is 19.7 Å². The zero-order valence-electron chi connectivity index (χ0n) is 14.3. The summed E-state index contributed by atoms with van der Waals surface area (Å²) < 4.78 is 5.55. The number of carbonyl (C=O) groups is 2. The minimum Gasteiger partial charge on any atom is -0.480 e. The Balaban J connectivity index is 1.90. The predicted octanol–water partition coefficient (Wildman–Crippen LogP) is 1.50.